The lowest BCUT2D eigenvalue weighted by atomic mass is 10.1. The van der Waals surface area contributed by atoms with Gasteiger partial charge in [0.15, 0.2) is 0 Å². The van der Waals surface area contributed by atoms with Crippen LogP contribution in [0.5, 0.6) is 0 Å². The van der Waals surface area contributed by atoms with E-state index in [2.05, 4.69) is 10.3 Å². The third-order valence-electron chi connectivity index (χ3n) is 6.14. The van der Waals surface area contributed by atoms with Crippen LogP contribution >= 0.6 is 0 Å². The van der Waals surface area contributed by atoms with Gasteiger partial charge in [-0.25, -0.2) is 4.79 Å². The molecule has 0 saturated carbocycles. The molecule has 0 saturated heterocycles. The molecule has 3 amide bonds. The number of alkyl halides is 3. The number of halogens is 3. The Kier molecular flexibility index (Phi) is 5.51. The Labute approximate surface area is 193 Å². The molecule has 1 aliphatic carbocycles. The van der Waals surface area contributed by atoms with E-state index < -0.39 is 23.7 Å². The molecule has 2 aliphatic heterocycles. The summed E-state index contributed by atoms with van der Waals surface area (Å²) in [5.74, 6) is -0.396. The minimum absolute atomic E-state index is 0.0148. The molecule has 0 radical (unpaired) electrons. The fourth-order valence-electron chi connectivity index (χ4n) is 4.43. The smallest absolute Gasteiger partial charge is 0.416 e. The molecule has 10 heteroatoms. The number of hydrogen-bond acceptors (Lipinski definition) is 4. The fourth-order valence-corrected chi connectivity index (χ4v) is 4.43. The van der Waals surface area contributed by atoms with Crippen LogP contribution in [0.1, 0.15) is 34.7 Å². The van der Waals surface area contributed by atoms with E-state index in [-0.39, 0.29) is 43.0 Å². The maximum Gasteiger partial charge on any atom is 0.416 e. The van der Waals surface area contributed by atoms with E-state index in [1.54, 1.807) is 0 Å². The number of carbonyl (C=O) groups is 2. The summed E-state index contributed by atoms with van der Waals surface area (Å²) in [4.78, 5) is 32.1. The molecule has 1 unspecified atom stereocenters. The molecule has 5 rings (SSSR count). The molecule has 1 N–H and O–H groups in total. The first-order valence-corrected chi connectivity index (χ1v) is 10.9. The van der Waals surface area contributed by atoms with Gasteiger partial charge in [0.1, 0.15) is 0 Å². The summed E-state index contributed by atoms with van der Waals surface area (Å²) < 4.78 is 45.5. The van der Waals surface area contributed by atoms with E-state index in [1.165, 1.54) is 39.8 Å². The van der Waals surface area contributed by atoms with Gasteiger partial charge in [-0.15, -0.1) is 4.99 Å². The van der Waals surface area contributed by atoms with Crippen molar-refractivity contribution in [2.24, 2.45) is 4.99 Å². The maximum absolute atomic E-state index is 13.3. The summed E-state index contributed by atoms with van der Waals surface area (Å²) in [6.07, 6.45) is -1.39. The molecule has 0 spiro atoms. The lowest BCUT2D eigenvalue weighted by Gasteiger charge is -2.21. The standard InChI is InChI=1S/C24H21F3N4O3/c25-24(26,27)18-8-4-2-6-16(18)13-30-11-12-31-14-20(34-23(31)29-22(30)33)21(32)28-19-10-9-15-5-1-3-7-17(15)19/h1-8,14,19H,9-13H2,(H,28,32). The Morgan fingerprint density at radius 1 is 1.12 bits per heavy atom. The molecule has 0 bridgehead atoms. The molecule has 1 atom stereocenters. The lowest BCUT2D eigenvalue weighted by molar-refractivity contribution is -0.138. The predicted molar refractivity (Wildman–Crippen MR) is 116 cm³/mol. The Bertz CT molecular complexity index is 1210. The minimum Gasteiger partial charge on any atom is -0.418 e. The van der Waals surface area contributed by atoms with Crippen molar-refractivity contribution in [2.75, 3.05) is 13.1 Å². The largest absolute Gasteiger partial charge is 0.418 e. The first-order chi connectivity index (χ1) is 16.3. The van der Waals surface area contributed by atoms with Crippen molar-refractivity contribution < 1.29 is 27.5 Å². The number of nitrogens with one attached hydrogen (secondary N) is 1. The second kappa shape index (κ2) is 8.51. The number of benzene rings is 2. The van der Waals surface area contributed by atoms with E-state index in [4.69, 9.17) is 4.74 Å². The van der Waals surface area contributed by atoms with E-state index in [0.717, 1.165) is 24.5 Å². The molecule has 2 heterocycles. The topological polar surface area (TPSA) is 74.2 Å². The summed E-state index contributed by atoms with van der Waals surface area (Å²) in [6, 6.07) is 12.1. The summed E-state index contributed by atoms with van der Waals surface area (Å²) in [5.41, 5.74) is 1.47. The molecular formula is C24H21F3N4O3. The van der Waals surface area contributed by atoms with Crippen molar-refractivity contribution in [3.05, 3.63) is 82.7 Å². The first kappa shape index (κ1) is 22.0. The van der Waals surface area contributed by atoms with Crippen LogP contribution in [-0.2, 0) is 28.7 Å². The monoisotopic (exact) mass is 470 g/mol. The highest BCUT2D eigenvalue weighted by atomic mass is 19.4. The quantitative estimate of drug-likeness (QED) is 0.734. The second-order valence-corrected chi connectivity index (χ2v) is 8.31. The zero-order chi connectivity index (χ0) is 23.9. The zero-order valence-corrected chi connectivity index (χ0v) is 18.0. The van der Waals surface area contributed by atoms with Gasteiger partial charge in [0, 0.05) is 19.6 Å². The van der Waals surface area contributed by atoms with Crippen molar-refractivity contribution >= 4 is 18.0 Å². The van der Waals surface area contributed by atoms with Crippen molar-refractivity contribution in [1.82, 2.24) is 15.1 Å². The molecule has 2 aromatic carbocycles. The molecule has 2 aromatic rings. The van der Waals surface area contributed by atoms with Crippen LogP contribution in [0.15, 0.2) is 65.5 Å². The summed E-state index contributed by atoms with van der Waals surface area (Å²) in [5, 5.41) is 2.96. The van der Waals surface area contributed by atoms with Crippen molar-refractivity contribution in [1.29, 1.82) is 0 Å². The van der Waals surface area contributed by atoms with Gasteiger partial charge in [0.05, 0.1) is 17.8 Å². The number of urea groups is 1. The zero-order valence-electron chi connectivity index (χ0n) is 18.0. The van der Waals surface area contributed by atoms with E-state index in [9.17, 15) is 22.8 Å². The van der Waals surface area contributed by atoms with Gasteiger partial charge in [-0.1, -0.05) is 42.5 Å². The average Bonchev–Trinajstić information content (AvgIpc) is 3.37. The van der Waals surface area contributed by atoms with Gasteiger partial charge in [0.25, 0.3) is 5.91 Å². The highest BCUT2D eigenvalue weighted by molar-refractivity contribution is 6.00. The number of aryl methyl sites for hydroxylation is 1. The molecule has 176 valence electrons. The molecular weight excluding hydrogens is 449 g/mol. The van der Waals surface area contributed by atoms with E-state index in [0.29, 0.717) is 0 Å². The van der Waals surface area contributed by atoms with Crippen molar-refractivity contribution in [3.8, 4) is 0 Å². The van der Waals surface area contributed by atoms with Gasteiger partial charge in [-0.2, -0.15) is 13.2 Å². The number of amides is 3. The van der Waals surface area contributed by atoms with Crippen LogP contribution < -0.4 is 5.32 Å². The Morgan fingerprint density at radius 3 is 2.71 bits per heavy atom. The number of nitrogens with zero attached hydrogens (tertiary/aromatic N) is 3. The van der Waals surface area contributed by atoms with Crippen LogP contribution in [0.4, 0.5) is 18.0 Å². The third kappa shape index (κ3) is 4.23. The Morgan fingerprint density at radius 2 is 1.88 bits per heavy atom. The highest BCUT2D eigenvalue weighted by Gasteiger charge is 2.36. The molecule has 7 nitrogen and oxygen atoms in total. The third-order valence-corrected chi connectivity index (χ3v) is 6.14. The lowest BCUT2D eigenvalue weighted by Crippen LogP contribution is -2.32. The van der Waals surface area contributed by atoms with Gasteiger partial charge in [-0.3, -0.25) is 9.69 Å². The van der Waals surface area contributed by atoms with Crippen molar-refractivity contribution in [3.63, 3.8) is 0 Å². The van der Waals surface area contributed by atoms with E-state index in [1.807, 2.05) is 24.3 Å². The maximum atomic E-state index is 13.3. The molecule has 3 aliphatic rings. The number of ether oxygens (including phenoxy) is 1. The number of carbonyl (C=O) groups excluding carboxylic acids is 2. The number of rotatable bonds is 4. The Hall–Kier alpha value is -3.82. The average molecular weight is 470 g/mol. The normalized spacial score (nSPS) is 19.6. The molecule has 0 fully saturated rings. The number of fused-ring (bicyclic) bond motifs is 2. The van der Waals surface area contributed by atoms with Gasteiger partial charge in [-0.05, 0) is 35.6 Å². The van der Waals surface area contributed by atoms with Crippen LogP contribution in [0, 0.1) is 0 Å². The summed E-state index contributed by atoms with van der Waals surface area (Å²) in [6.45, 7) is 0.0991. The van der Waals surface area contributed by atoms with Crippen molar-refractivity contribution in [2.45, 2.75) is 31.6 Å². The highest BCUT2D eigenvalue weighted by Crippen LogP contribution is 2.33. The molecule has 34 heavy (non-hydrogen) atoms. The SMILES string of the molecule is O=C(NC1CCc2ccccc21)C1=CN2CCN(Cc3ccccc3C(F)(F)F)C(=O)N=C2O1. The number of hydrogen-bond donors (Lipinski definition) is 1. The summed E-state index contributed by atoms with van der Waals surface area (Å²) in [7, 11) is 0. The number of aliphatic imine (C=N–C) groups is 1. The van der Waals surface area contributed by atoms with Crippen LogP contribution in [-0.4, -0.2) is 40.8 Å². The summed E-state index contributed by atoms with van der Waals surface area (Å²) >= 11 is 0. The number of amidine groups is 1. The fraction of sp³-hybridized carbons (Fsp3) is 0.292. The molecule has 0 aromatic heterocycles. The predicted octanol–water partition coefficient (Wildman–Crippen LogP) is 3.97. The second-order valence-electron chi connectivity index (χ2n) is 8.31. The van der Waals surface area contributed by atoms with Gasteiger partial charge < -0.3 is 15.0 Å². The van der Waals surface area contributed by atoms with Gasteiger partial charge >= 0.3 is 18.2 Å². The van der Waals surface area contributed by atoms with E-state index >= 15 is 0 Å². The Balaban J connectivity index is 1.26. The van der Waals surface area contributed by atoms with Crippen LogP contribution in [0.3, 0.4) is 0 Å². The minimum atomic E-state index is -4.52. The first-order valence-electron chi connectivity index (χ1n) is 10.9. The van der Waals surface area contributed by atoms with Crippen LogP contribution in [0.25, 0.3) is 0 Å². The van der Waals surface area contributed by atoms with Crippen LogP contribution in [0.2, 0.25) is 0 Å². The van der Waals surface area contributed by atoms with Gasteiger partial charge in [0.2, 0.25) is 5.76 Å².